The molecule has 1 unspecified atom stereocenters. The number of amides is 1. The van der Waals surface area contributed by atoms with E-state index in [0.29, 0.717) is 5.69 Å². The lowest BCUT2D eigenvalue weighted by Crippen LogP contribution is -2.37. The van der Waals surface area contributed by atoms with Crippen LogP contribution in [0.15, 0.2) is 18.2 Å². The van der Waals surface area contributed by atoms with E-state index in [2.05, 4.69) is 10.3 Å². The normalized spacial score (nSPS) is 13.5. The lowest BCUT2D eigenvalue weighted by atomic mass is 10.2. The van der Waals surface area contributed by atoms with Crippen LogP contribution in [0.2, 0.25) is 0 Å². The molecule has 0 spiro atoms. The van der Waals surface area contributed by atoms with Crippen molar-refractivity contribution in [2.75, 3.05) is 12.9 Å². The van der Waals surface area contributed by atoms with Crippen LogP contribution < -0.4 is 5.32 Å². The molecule has 1 heterocycles. The third-order valence-corrected chi connectivity index (χ3v) is 2.97. The molecular weight excluding hydrogens is 308 g/mol. The van der Waals surface area contributed by atoms with Crippen LogP contribution in [0, 0.1) is 6.92 Å². The fraction of sp³-hybridized carbons (Fsp3) is 0.571. The molecule has 1 aromatic rings. The van der Waals surface area contributed by atoms with Crippen molar-refractivity contribution in [1.29, 1.82) is 0 Å². The van der Waals surface area contributed by atoms with Crippen LogP contribution >= 0.6 is 0 Å². The number of nitrogens with zero attached hydrogens (tertiary/aromatic N) is 1. The first kappa shape index (κ1) is 18.4. The number of alkyl carbamates (subject to hydrolysis) is 1. The molecule has 1 aromatic heterocycles. The topological polar surface area (TPSA) is 94.6 Å². The van der Waals surface area contributed by atoms with Gasteiger partial charge in [0.2, 0.25) is 0 Å². The maximum Gasteiger partial charge on any atom is 0.408 e. The number of aromatic nitrogens is 1. The SMILES string of the molecule is Cc1cccc(C(COS(C)(=O)=O)NC(=O)OC(C)(C)C)n1. The Hall–Kier alpha value is -1.67. The first-order valence-electron chi connectivity index (χ1n) is 6.74. The molecule has 0 saturated carbocycles. The fourth-order valence-corrected chi connectivity index (χ4v) is 1.98. The Kier molecular flexibility index (Phi) is 5.90. The molecular formula is C14H22N2O5S. The zero-order valence-electron chi connectivity index (χ0n) is 13.4. The van der Waals surface area contributed by atoms with E-state index >= 15 is 0 Å². The Morgan fingerprint density at radius 3 is 2.50 bits per heavy atom. The maximum atomic E-state index is 11.9. The number of ether oxygens (including phenoxy) is 1. The van der Waals surface area contributed by atoms with Gasteiger partial charge in [0.15, 0.2) is 0 Å². The highest BCUT2D eigenvalue weighted by Crippen LogP contribution is 2.14. The van der Waals surface area contributed by atoms with Crippen molar-refractivity contribution in [3.8, 4) is 0 Å². The standard InChI is InChI=1S/C14H22N2O5S/c1-10-7-6-8-11(15-10)12(9-20-22(5,18)19)16-13(17)21-14(2,3)4/h6-8,12H,9H2,1-5H3,(H,16,17). The Balaban J connectivity index is 2.89. The van der Waals surface area contributed by atoms with Crippen LogP contribution in [0.3, 0.4) is 0 Å². The Morgan fingerprint density at radius 1 is 1.36 bits per heavy atom. The monoisotopic (exact) mass is 330 g/mol. The highest BCUT2D eigenvalue weighted by Gasteiger charge is 2.22. The maximum absolute atomic E-state index is 11.9. The van der Waals surface area contributed by atoms with Gasteiger partial charge in [0.05, 0.1) is 24.6 Å². The molecule has 1 N–H and O–H groups in total. The Labute approximate surface area is 131 Å². The predicted molar refractivity (Wildman–Crippen MR) is 81.9 cm³/mol. The van der Waals surface area contributed by atoms with Gasteiger partial charge in [-0.3, -0.25) is 9.17 Å². The van der Waals surface area contributed by atoms with E-state index < -0.39 is 27.9 Å². The molecule has 0 aromatic carbocycles. The van der Waals surface area contributed by atoms with Crippen LogP contribution in [-0.4, -0.2) is 38.0 Å². The van der Waals surface area contributed by atoms with Crippen molar-refractivity contribution in [3.63, 3.8) is 0 Å². The molecule has 1 rings (SSSR count). The molecule has 1 amide bonds. The van der Waals surface area contributed by atoms with E-state index in [9.17, 15) is 13.2 Å². The smallest absolute Gasteiger partial charge is 0.408 e. The molecule has 22 heavy (non-hydrogen) atoms. The van der Waals surface area contributed by atoms with Gasteiger partial charge >= 0.3 is 6.09 Å². The van der Waals surface area contributed by atoms with Gasteiger partial charge in [0, 0.05) is 5.69 Å². The van der Waals surface area contributed by atoms with Gasteiger partial charge in [-0.05, 0) is 39.8 Å². The second-order valence-corrected chi connectivity index (χ2v) is 7.54. The molecule has 0 saturated heterocycles. The van der Waals surface area contributed by atoms with Crippen LogP contribution in [-0.2, 0) is 19.0 Å². The minimum Gasteiger partial charge on any atom is -0.444 e. The van der Waals surface area contributed by atoms with Crippen molar-refractivity contribution < 1.29 is 22.1 Å². The van der Waals surface area contributed by atoms with E-state index in [4.69, 9.17) is 8.92 Å². The molecule has 1 atom stereocenters. The molecule has 124 valence electrons. The van der Waals surface area contributed by atoms with E-state index in [1.54, 1.807) is 45.9 Å². The van der Waals surface area contributed by atoms with Gasteiger partial charge in [0.25, 0.3) is 10.1 Å². The summed E-state index contributed by atoms with van der Waals surface area (Å²) in [5.74, 6) is 0. The minimum absolute atomic E-state index is 0.255. The number of hydrogen-bond donors (Lipinski definition) is 1. The fourth-order valence-electron chi connectivity index (χ4n) is 1.60. The van der Waals surface area contributed by atoms with Crippen LogP contribution in [0.5, 0.6) is 0 Å². The van der Waals surface area contributed by atoms with Crippen molar-refractivity contribution >= 4 is 16.2 Å². The van der Waals surface area contributed by atoms with Gasteiger partial charge in [-0.25, -0.2) is 4.79 Å². The summed E-state index contributed by atoms with van der Waals surface area (Å²) in [4.78, 5) is 16.2. The van der Waals surface area contributed by atoms with Gasteiger partial charge in [-0.1, -0.05) is 6.07 Å². The first-order chi connectivity index (χ1) is 9.96. The first-order valence-corrected chi connectivity index (χ1v) is 8.55. The second-order valence-electron chi connectivity index (χ2n) is 5.89. The zero-order chi connectivity index (χ0) is 17.0. The molecule has 0 aliphatic heterocycles. The highest BCUT2D eigenvalue weighted by molar-refractivity contribution is 7.85. The second kappa shape index (κ2) is 7.06. The van der Waals surface area contributed by atoms with Gasteiger partial charge in [-0.2, -0.15) is 8.42 Å². The summed E-state index contributed by atoms with van der Waals surface area (Å²) >= 11 is 0. The van der Waals surface area contributed by atoms with Crippen LogP contribution in [0.4, 0.5) is 4.79 Å². The molecule has 0 bridgehead atoms. The summed E-state index contributed by atoms with van der Waals surface area (Å²) in [5, 5.41) is 2.58. The number of nitrogens with one attached hydrogen (secondary N) is 1. The number of aryl methyl sites for hydroxylation is 1. The number of rotatable bonds is 5. The molecule has 0 radical (unpaired) electrons. The summed E-state index contributed by atoms with van der Waals surface area (Å²) in [6, 6.07) is 4.51. The molecule has 7 nitrogen and oxygen atoms in total. The average Bonchev–Trinajstić information content (AvgIpc) is 2.31. The molecule has 0 aliphatic rings. The third kappa shape index (κ3) is 7.37. The number of pyridine rings is 1. The lowest BCUT2D eigenvalue weighted by molar-refractivity contribution is 0.0486. The lowest BCUT2D eigenvalue weighted by Gasteiger charge is -2.23. The summed E-state index contributed by atoms with van der Waals surface area (Å²) < 4.78 is 32.3. The summed E-state index contributed by atoms with van der Waals surface area (Å²) in [6.07, 6.45) is 0.277. The summed E-state index contributed by atoms with van der Waals surface area (Å²) in [5.41, 5.74) is 0.578. The van der Waals surface area contributed by atoms with E-state index in [0.717, 1.165) is 11.9 Å². The van der Waals surface area contributed by atoms with Crippen molar-refractivity contribution in [2.45, 2.75) is 39.3 Å². The van der Waals surface area contributed by atoms with Crippen LogP contribution in [0.1, 0.15) is 38.2 Å². The van der Waals surface area contributed by atoms with Gasteiger partial charge in [-0.15, -0.1) is 0 Å². The van der Waals surface area contributed by atoms with Crippen molar-refractivity contribution in [1.82, 2.24) is 10.3 Å². The summed E-state index contributed by atoms with van der Waals surface area (Å²) in [7, 11) is -3.63. The highest BCUT2D eigenvalue weighted by atomic mass is 32.2. The molecule has 8 heteroatoms. The molecule has 0 aliphatic carbocycles. The average molecular weight is 330 g/mol. The Morgan fingerprint density at radius 2 is 2.00 bits per heavy atom. The van der Waals surface area contributed by atoms with E-state index in [1.807, 2.05) is 0 Å². The summed E-state index contributed by atoms with van der Waals surface area (Å²) in [6.45, 7) is 6.75. The number of carbonyl (C=O) groups is 1. The number of hydrogen-bond acceptors (Lipinski definition) is 6. The van der Waals surface area contributed by atoms with E-state index in [-0.39, 0.29) is 6.61 Å². The third-order valence-electron chi connectivity index (χ3n) is 2.41. The van der Waals surface area contributed by atoms with Gasteiger partial charge in [0.1, 0.15) is 5.60 Å². The predicted octanol–water partition coefficient (Wildman–Crippen LogP) is 1.93. The zero-order valence-corrected chi connectivity index (χ0v) is 14.2. The van der Waals surface area contributed by atoms with Crippen LogP contribution in [0.25, 0.3) is 0 Å². The largest absolute Gasteiger partial charge is 0.444 e. The number of carbonyl (C=O) groups excluding carboxylic acids is 1. The molecule has 0 fully saturated rings. The van der Waals surface area contributed by atoms with Crippen molar-refractivity contribution in [3.05, 3.63) is 29.6 Å². The van der Waals surface area contributed by atoms with Gasteiger partial charge < -0.3 is 10.1 Å². The quantitative estimate of drug-likeness (QED) is 0.829. The minimum atomic E-state index is -3.63. The van der Waals surface area contributed by atoms with E-state index in [1.165, 1.54) is 0 Å². The van der Waals surface area contributed by atoms with Crippen molar-refractivity contribution in [2.24, 2.45) is 0 Å². The Bertz CT molecular complexity index is 622.